The van der Waals surface area contributed by atoms with Gasteiger partial charge in [-0.05, 0) is 45.6 Å². The van der Waals surface area contributed by atoms with Crippen molar-refractivity contribution in [3.63, 3.8) is 0 Å². The minimum atomic E-state index is -1.88. The van der Waals surface area contributed by atoms with E-state index in [2.05, 4.69) is 59.4 Å². The minimum absolute atomic E-state index is 0.00913. The lowest BCUT2D eigenvalue weighted by Crippen LogP contribution is -2.50. The molecular weight excluding hydrogens is 468 g/mol. The van der Waals surface area contributed by atoms with Gasteiger partial charge < -0.3 is 30.6 Å². The summed E-state index contributed by atoms with van der Waals surface area (Å²) in [6.07, 6.45) is -6.14. The fourth-order valence-electron chi connectivity index (χ4n) is 4.00. The van der Waals surface area contributed by atoms with Gasteiger partial charge in [0.15, 0.2) is 0 Å². The van der Waals surface area contributed by atoms with Crippen LogP contribution in [-0.2, 0) is 23.7 Å². The molecule has 2 aromatic rings. The first kappa shape index (κ1) is 30.9. The molecule has 2 rings (SSSR count). The molecule has 6 heteroatoms. The molecule has 6 nitrogen and oxygen atoms in total. The van der Waals surface area contributed by atoms with Crippen LogP contribution in [0.15, 0.2) is 65.9 Å². The zero-order valence-corrected chi connectivity index (χ0v) is 22.9. The molecular formula is C31H44O6. The third kappa shape index (κ3) is 8.91. The SMILES string of the molecule is CC(C)(C)c1cccc(CC=C=C(Cc2cccc(C(C)(C)C)c2)C(O)[C@@H](O)[C@@H](O)[C@H](O)[C@@H](O)CO)c1. The summed E-state index contributed by atoms with van der Waals surface area (Å²) in [6.45, 7) is 12.0. The smallest absolute Gasteiger partial charge is 0.113 e. The van der Waals surface area contributed by atoms with Crippen molar-refractivity contribution in [2.24, 2.45) is 0 Å². The molecule has 0 aliphatic rings. The predicted molar refractivity (Wildman–Crippen MR) is 146 cm³/mol. The molecule has 0 radical (unpaired) electrons. The van der Waals surface area contributed by atoms with E-state index in [0.717, 1.165) is 16.7 Å². The van der Waals surface area contributed by atoms with E-state index in [4.69, 9.17) is 5.11 Å². The molecule has 0 aliphatic heterocycles. The van der Waals surface area contributed by atoms with E-state index in [1.807, 2.05) is 36.4 Å². The highest BCUT2D eigenvalue weighted by Crippen LogP contribution is 2.26. The van der Waals surface area contributed by atoms with Crippen molar-refractivity contribution >= 4 is 0 Å². The van der Waals surface area contributed by atoms with Crippen LogP contribution in [0.5, 0.6) is 0 Å². The first-order chi connectivity index (χ1) is 17.1. The summed E-state index contributed by atoms with van der Waals surface area (Å²) in [4.78, 5) is 0. The largest absolute Gasteiger partial charge is 0.394 e. The van der Waals surface area contributed by atoms with Crippen molar-refractivity contribution in [1.82, 2.24) is 0 Å². The van der Waals surface area contributed by atoms with Crippen molar-refractivity contribution in [2.75, 3.05) is 6.61 Å². The van der Waals surface area contributed by atoms with Crippen molar-refractivity contribution < 1.29 is 30.6 Å². The lowest BCUT2D eigenvalue weighted by molar-refractivity contribution is -0.134. The van der Waals surface area contributed by atoms with Crippen molar-refractivity contribution in [3.8, 4) is 0 Å². The van der Waals surface area contributed by atoms with Crippen LogP contribution in [0.3, 0.4) is 0 Å². The van der Waals surface area contributed by atoms with Crippen LogP contribution in [0, 0.1) is 0 Å². The third-order valence-corrected chi connectivity index (χ3v) is 6.57. The van der Waals surface area contributed by atoms with E-state index in [1.54, 1.807) is 6.08 Å². The molecule has 0 bridgehead atoms. The molecule has 0 spiro atoms. The lowest BCUT2D eigenvalue weighted by atomic mass is 9.85. The molecule has 6 N–H and O–H groups in total. The second kappa shape index (κ2) is 13.0. The molecule has 5 atom stereocenters. The highest BCUT2D eigenvalue weighted by atomic mass is 16.4. The molecule has 204 valence electrons. The fourth-order valence-corrected chi connectivity index (χ4v) is 4.00. The lowest BCUT2D eigenvalue weighted by Gasteiger charge is -2.29. The summed E-state index contributed by atoms with van der Waals surface area (Å²) >= 11 is 0. The van der Waals surface area contributed by atoms with Crippen LogP contribution < -0.4 is 0 Å². The molecule has 0 fully saturated rings. The van der Waals surface area contributed by atoms with Gasteiger partial charge in [0, 0.05) is 12.0 Å². The maximum absolute atomic E-state index is 11.0. The summed E-state index contributed by atoms with van der Waals surface area (Å²) in [7, 11) is 0. The van der Waals surface area contributed by atoms with Crippen LogP contribution in [0.4, 0.5) is 0 Å². The highest BCUT2D eigenvalue weighted by molar-refractivity contribution is 5.33. The van der Waals surface area contributed by atoms with Gasteiger partial charge in [0.1, 0.15) is 30.5 Å². The zero-order valence-electron chi connectivity index (χ0n) is 22.9. The number of rotatable bonds is 10. The summed E-state index contributed by atoms with van der Waals surface area (Å²) < 4.78 is 0. The topological polar surface area (TPSA) is 121 Å². The van der Waals surface area contributed by atoms with Gasteiger partial charge in [-0.25, -0.2) is 0 Å². The molecule has 0 amide bonds. The summed E-state index contributed by atoms with van der Waals surface area (Å²) in [5, 5.41) is 60.8. The van der Waals surface area contributed by atoms with Gasteiger partial charge >= 0.3 is 0 Å². The van der Waals surface area contributed by atoms with E-state index in [0.29, 0.717) is 12.0 Å². The quantitative estimate of drug-likeness (QED) is 0.272. The zero-order chi connectivity index (χ0) is 28.0. The molecule has 37 heavy (non-hydrogen) atoms. The molecule has 0 heterocycles. The predicted octanol–water partition coefficient (Wildman–Crippen LogP) is 2.95. The monoisotopic (exact) mass is 512 g/mol. The maximum atomic E-state index is 11.0. The van der Waals surface area contributed by atoms with Crippen molar-refractivity contribution in [1.29, 1.82) is 0 Å². The molecule has 2 aromatic carbocycles. The van der Waals surface area contributed by atoms with E-state index in [-0.39, 0.29) is 17.3 Å². The highest BCUT2D eigenvalue weighted by Gasteiger charge is 2.35. The summed E-state index contributed by atoms with van der Waals surface area (Å²) in [5.74, 6) is 0. The fraction of sp³-hybridized carbons (Fsp3) is 0.516. The normalized spacial score (nSPS) is 16.3. The minimum Gasteiger partial charge on any atom is -0.394 e. The van der Waals surface area contributed by atoms with E-state index in [9.17, 15) is 25.5 Å². The Morgan fingerprint density at radius 1 is 0.757 bits per heavy atom. The Bertz CT molecular complexity index is 1070. The maximum Gasteiger partial charge on any atom is 0.113 e. The van der Waals surface area contributed by atoms with Gasteiger partial charge in [0.25, 0.3) is 0 Å². The van der Waals surface area contributed by atoms with Gasteiger partial charge in [-0.2, -0.15) is 0 Å². The Balaban J connectivity index is 2.41. The molecule has 0 saturated carbocycles. The molecule has 0 saturated heterocycles. The van der Waals surface area contributed by atoms with Gasteiger partial charge in [-0.1, -0.05) is 90.1 Å². The van der Waals surface area contributed by atoms with Crippen LogP contribution in [0.25, 0.3) is 0 Å². The van der Waals surface area contributed by atoms with Gasteiger partial charge in [0.05, 0.1) is 6.61 Å². The van der Waals surface area contributed by atoms with E-state index < -0.39 is 37.1 Å². The Morgan fingerprint density at radius 3 is 1.78 bits per heavy atom. The first-order valence-corrected chi connectivity index (χ1v) is 12.8. The second-order valence-corrected chi connectivity index (χ2v) is 11.8. The Labute approximate surface area is 221 Å². The van der Waals surface area contributed by atoms with Crippen molar-refractivity contribution in [2.45, 2.75) is 95.7 Å². The van der Waals surface area contributed by atoms with Crippen LogP contribution in [0.2, 0.25) is 0 Å². The number of benzene rings is 2. The van der Waals surface area contributed by atoms with Crippen LogP contribution >= 0.6 is 0 Å². The van der Waals surface area contributed by atoms with Gasteiger partial charge in [-0.15, -0.1) is 5.73 Å². The number of aliphatic hydroxyl groups excluding tert-OH is 6. The van der Waals surface area contributed by atoms with Gasteiger partial charge in [0.2, 0.25) is 0 Å². The number of aliphatic hydroxyl groups is 6. The molecule has 0 aliphatic carbocycles. The Hall–Kier alpha value is -2.28. The average Bonchev–Trinajstić information content (AvgIpc) is 2.85. The van der Waals surface area contributed by atoms with E-state index in [1.165, 1.54) is 5.56 Å². The Morgan fingerprint density at radius 2 is 1.27 bits per heavy atom. The van der Waals surface area contributed by atoms with Gasteiger partial charge in [-0.3, -0.25) is 0 Å². The first-order valence-electron chi connectivity index (χ1n) is 12.8. The number of hydrogen-bond acceptors (Lipinski definition) is 6. The van der Waals surface area contributed by atoms with Crippen LogP contribution in [-0.4, -0.2) is 67.8 Å². The number of hydrogen-bond donors (Lipinski definition) is 6. The molecule has 0 aromatic heterocycles. The van der Waals surface area contributed by atoms with Crippen molar-refractivity contribution in [3.05, 3.63) is 88.2 Å². The van der Waals surface area contributed by atoms with Crippen LogP contribution in [0.1, 0.15) is 63.8 Å². The Kier molecular flexibility index (Phi) is 10.9. The van der Waals surface area contributed by atoms with E-state index >= 15 is 0 Å². The standard InChI is InChI=1S/C31H44O6/c1-30(2,3)23-14-8-11-20(17-23)10-7-13-22(16-21-12-9-15-24(18-21)31(4,5)6)26(34)28(36)29(37)27(35)25(33)19-32/h7-9,11-12,14-15,17-18,25-29,32-37H,10,16,19H2,1-6H3/t13?,25-,26?,27+,28+,29-/m0/s1. The summed E-state index contributed by atoms with van der Waals surface area (Å²) in [6, 6.07) is 16.2. The summed E-state index contributed by atoms with van der Waals surface area (Å²) in [5.41, 5.74) is 7.68. The average molecular weight is 513 g/mol. The molecule has 1 unspecified atom stereocenters. The third-order valence-electron chi connectivity index (χ3n) is 6.57. The second-order valence-electron chi connectivity index (χ2n) is 11.8.